The van der Waals surface area contributed by atoms with E-state index >= 15 is 0 Å². The third kappa shape index (κ3) is 3.36. The largest absolute Gasteiger partial charge is 0.586 e. The lowest BCUT2D eigenvalue weighted by Gasteiger charge is -2.07. The minimum absolute atomic E-state index is 0.00113. The number of H-pyrrole nitrogens is 1. The number of nitrogens with one attached hydrogen (secondary N) is 3. The number of hydrazine groups is 1. The number of aromatic nitrogens is 1. The molecule has 0 fully saturated rings. The molecule has 3 N–H and O–H groups in total. The SMILES string of the molecule is O=C(NNC(=O)c1cc2cc(Cl)ccc2[nH]1)c1ccc2c(c1)OC(F)(F)O2. The van der Waals surface area contributed by atoms with Crippen LogP contribution in [0.5, 0.6) is 11.5 Å². The van der Waals surface area contributed by atoms with Gasteiger partial charge in [-0.3, -0.25) is 20.4 Å². The van der Waals surface area contributed by atoms with Crippen molar-refractivity contribution in [2.75, 3.05) is 0 Å². The summed E-state index contributed by atoms with van der Waals surface area (Å²) in [5.41, 5.74) is 5.34. The number of ether oxygens (including phenoxy) is 2. The topological polar surface area (TPSA) is 92.5 Å². The van der Waals surface area contributed by atoms with Crippen molar-refractivity contribution in [1.29, 1.82) is 0 Å². The molecule has 0 bridgehead atoms. The average molecular weight is 394 g/mol. The molecule has 0 unspecified atom stereocenters. The van der Waals surface area contributed by atoms with Crippen molar-refractivity contribution in [3.63, 3.8) is 0 Å². The Balaban J connectivity index is 1.44. The highest BCUT2D eigenvalue weighted by Crippen LogP contribution is 2.41. The molecule has 1 aliphatic heterocycles. The van der Waals surface area contributed by atoms with Crippen LogP contribution in [0.1, 0.15) is 20.8 Å². The van der Waals surface area contributed by atoms with Crippen LogP contribution in [0, 0.1) is 0 Å². The molecule has 0 atom stereocenters. The maximum absolute atomic E-state index is 13.0. The van der Waals surface area contributed by atoms with Crippen molar-refractivity contribution < 1.29 is 27.8 Å². The molecule has 3 aromatic rings. The molecule has 27 heavy (non-hydrogen) atoms. The third-order valence-corrected chi connectivity index (χ3v) is 4.02. The van der Waals surface area contributed by atoms with Crippen LogP contribution in [-0.2, 0) is 0 Å². The molecule has 0 saturated heterocycles. The number of rotatable bonds is 2. The quantitative estimate of drug-likeness (QED) is 0.583. The number of benzene rings is 2. The van der Waals surface area contributed by atoms with Crippen LogP contribution in [0.2, 0.25) is 5.02 Å². The number of carbonyl (C=O) groups excluding carboxylic acids is 2. The zero-order chi connectivity index (χ0) is 19.2. The summed E-state index contributed by atoms with van der Waals surface area (Å²) < 4.78 is 34.6. The van der Waals surface area contributed by atoms with Gasteiger partial charge in [0.05, 0.1) is 0 Å². The van der Waals surface area contributed by atoms with E-state index in [-0.39, 0.29) is 22.8 Å². The Bertz CT molecular complexity index is 1080. The summed E-state index contributed by atoms with van der Waals surface area (Å²) in [4.78, 5) is 27.2. The van der Waals surface area contributed by atoms with E-state index in [1.54, 1.807) is 24.3 Å². The average Bonchev–Trinajstić information content (AvgIpc) is 3.16. The minimum Gasteiger partial charge on any atom is -0.395 e. The standard InChI is InChI=1S/C17H10ClF2N3O4/c18-10-2-3-11-9(5-10)6-12(21-11)16(25)23-22-15(24)8-1-4-13-14(7-8)27-17(19,20)26-13/h1-7,21H,(H,22,24)(H,23,25). The predicted molar refractivity (Wildman–Crippen MR) is 90.9 cm³/mol. The summed E-state index contributed by atoms with van der Waals surface area (Å²) in [6.45, 7) is 0. The van der Waals surface area contributed by atoms with Gasteiger partial charge in [-0.25, -0.2) is 0 Å². The van der Waals surface area contributed by atoms with E-state index in [1.807, 2.05) is 0 Å². The molecule has 7 nitrogen and oxygen atoms in total. The fourth-order valence-electron chi connectivity index (χ4n) is 2.57. The van der Waals surface area contributed by atoms with Gasteiger partial charge in [0.15, 0.2) is 11.5 Å². The Morgan fingerprint density at radius 2 is 1.70 bits per heavy atom. The monoisotopic (exact) mass is 393 g/mol. The highest BCUT2D eigenvalue weighted by molar-refractivity contribution is 6.31. The number of alkyl halides is 2. The molecule has 10 heteroatoms. The second-order valence-electron chi connectivity index (χ2n) is 5.65. The third-order valence-electron chi connectivity index (χ3n) is 3.78. The van der Waals surface area contributed by atoms with E-state index in [0.717, 1.165) is 11.5 Å². The Kier molecular flexibility index (Phi) is 3.88. The van der Waals surface area contributed by atoms with Crippen molar-refractivity contribution >= 4 is 34.3 Å². The van der Waals surface area contributed by atoms with Crippen LogP contribution in [0.4, 0.5) is 8.78 Å². The Morgan fingerprint density at radius 3 is 2.52 bits per heavy atom. The van der Waals surface area contributed by atoms with Gasteiger partial charge in [-0.05, 0) is 42.5 Å². The number of aromatic amines is 1. The highest BCUT2D eigenvalue weighted by atomic mass is 35.5. The molecule has 2 amide bonds. The number of fused-ring (bicyclic) bond motifs is 2. The van der Waals surface area contributed by atoms with Gasteiger partial charge in [0, 0.05) is 21.5 Å². The summed E-state index contributed by atoms with van der Waals surface area (Å²) in [5.74, 6) is -1.77. The molecule has 4 rings (SSSR count). The molecule has 138 valence electrons. The fourth-order valence-corrected chi connectivity index (χ4v) is 2.75. The molecule has 2 heterocycles. The van der Waals surface area contributed by atoms with Crippen molar-refractivity contribution in [3.05, 3.63) is 58.7 Å². The minimum atomic E-state index is -3.77. The molecular formula is C17H10ClF2N3O4. The van der Waals surface area contributed by atoms with Gasteiger partial charge in [0.1, 0.15) is 5.69 Å². The van der Waals surface area contributed by atoms with E-state index in [0.29, 0.717) is 10.5 Å². The van der Waals surface area contributed by atoms with Crippen molar-refractivity contribution in [2.45, 2.75) is 6.29 Å². The van der Waals surface area contributed by atoms with Crippen LogP contribution in [-0.4, -0.2) is 23.1 Å². The first-order chi connectivity index (χ1) is 12.8. The fraction of sp³-hybridized carbons (Fsp3) is 0.0588. The number of halogens is 3. The van der Waals surface area contributed by atoms with Gasteiger partial charge in [0.2, 0.25) is 0 Å². The summed E-state index contributed by atoms with van der Waals surface area (Å²) in [7, 11) is 0. The zero-order valence-electron chi connectivity index (χ0n) is 13.3. The van der Waals surface area contributed by atoms with Crippen LogP contribution >= 0.6 is 11.6 Å². The van der Waals surface area contributed by atoms with Gasteiger partial charge in [-0.1, -0.05) is 11.6 Å². The second-order valence-corrected chi connectivity index (χ2v) is 6.09. The van der Waals surface area contributed by atoms with E-state index in [9.17, 15) is 18.4 Å². The normalized spacial score (nSPS) is 14.2. The highest BCUT2D eigenvalue weighted by Gasteiger charge is 2.43. The van der Waals surface area contributed by atoms with Crippen molar-refractivity contribution in [2.24, 2.45) is 0 Å². The van der Waals surface area contributed by atoms with E-state index in [4.69, 9.17) is 11.6 Å². The van der Waals surface area contributed by atoms with Gasteiger partial charge in [0.25, 0.3) is 11.8 Å². The Morgan fingerprint density at radius 1 is 0.963 bits per heavy atom. The van der Waals surface area contributed by atoms with Gasteiger partial charge >= 0.3 is 6.29 Å². The number of amides is 2. The van der Waals surface area contributed by atoms with Crippen molar-refractivity contribution in [3.8, 4) is 11.5 Å². The molecule has 1 aromatic heterocycles. The molecule has 0 aliphatic carbocycles. The molecule has 1 aliphatic rings. The zero-order valence-corrected chi connectivity index (χ0v) is 14.1. The maximum atomic E-state index is 13.0. The van der Waals surface area contributed by atoms with Crippen LogP contribution in [0.15, 0.2) is 42.5 Å². The first-order valence-electron chi connectivity index (χ1n) is 7.60. The molecular weight excluding hydrogens is 384 g/mol. The van der Waals surface area contributed by atoms with Gasteiger partial charge < -0.3 is 14.5 Å². The maximum Gasteiger partial charge on any atom is 0.586 e. The Hall–Kier alpha value is -3.33. The summed E-state index contributed by atoms with van der Waals surface area (Å²) >= 11 is 5.90. The van der Waals surface area contributed by atoms with Crippen LogP contribution < -0.4 is 20.3 Å². The van der Waals surface area contributed by atoms with E-state index < -0.39 is 18.1 Å². The number of carbonyl (C=O) groups is 2. The first-order valence-corrected chi connectivity index (χ1v) is 7.97. The second kappa shape index (κ2) is 6.13. The lowest BCUT2D eigenvalue weighted by atomic mass is 10.2. The smallest absolute Gasteiger partial charge is 0.395 e. The molecule has 0 saturated carbocycles. The Labute approximate surface area is 155 Å². The van der Waals surface area contributed by atoms with E-state index in [1.165, 1.54) is 12.1 Å². The van der Waals surface area contributed by atoms with Gasteiger partial charge in [-0.15, -0.1) is 8.78 Å². The molecule has 2 aromatic carbocycles. The molecule has 0 spiro atoms. The molecule has 0 radical (unpaired) electrons. The lowest BCUT2D eigenvalue weighted by Crippen LogP contribution is -2.41. The lowest BCUT2D eigenvalue weighted by molar-refractivity contribution is -0.286. The summed E-state index contributed by atoms with van der Waals surface area (Å²) in [6.07, 6.45) is -3.77. The van der Waals surface area contributed by atoms with E-state index in [2.05, 4.69) is 25.3 Å². The summed E-state index contributed by atoms with van der Waals surface area (Å²) in [5, 5.41) is 1.26. The predicted octanol–water partition coefficient (Wildman–Crippen LogP) is 3.22. The summed E-state index contributed by atoms with van der Waals surface area (Å²) in [6, 6.07) is 10.2. The van der Waals surface area contributed by atoms with Crippen LogP contribution in [0.25, 0.3) is 10.9 Å². The number of hydrogen-bond donors (Lipinski definition) is 3. The number of hydrogen-bond acceptors (Lipinski definition) is 4. The van der Waals surface area contributed by atoms with Crippen molar-refractivity contribution in [1.82, 2.24) is 15.8 Å². The van der Waals surface area contributed by atoms with Crippen LogP contribution in [0.3, 0.4) is 0 Å². The van der Waals surface area contributed by atoms with Gasteiger partial charge in [-0.2, -0.15) is 0 Å². The first kappa shape index (κ1) is 17.1.